The van der Waals surface area contributed by atoms with Gasteiger partial charge >= 0.3 is 5.97 Å². The smallest absolute Gasteiger partial charge is 0.321 e. The monoisotopic (exact) mass is 274 g/mol. The van der Waals surface area contributed by atoms with E-state index in [1.165, 1.54) is 0 Å². The summed E-state index contributed by atoms with van der Waals surface area (Å²) in [5.74, 6) is 0.124. The van der Waals surface area contributed by atoms with Crippen molar-refractivity contribution in [3.8, 4) is 11.8 Å². The quantitative estimate of drug-likeness (QED) is 0.885. The zero-order chi connectivity index (χ0) is 14.5. The minimum atomic E-state index is -0.756. The van der Waals surface area contributed by atoms with Crippen LogP contribution in [0.2, 0.25) is 0 Å². The lowest BCUT2D eigenvalue weighted by molar-refractivity contribution is -0.143. The Labute approximate surface area is 118 Å². The molecule has 0 bridgehead atoms. The molecule has 1 heterocycles. The Bertz CT molecular complexity index is 507. The first-order chi connectivity index (χ1) is 9.61. The van der Waals surface area contributed by atoms with Gasteiger partial charge in [0, 0.05) is 6.54 Å². The summed E-state index contributed by atoms with van der Waals surface area (Å²) < 4.78 is 5.59. The average molecular weight is 274 g/mol. The van der Waals surface area contributed by atoms with Gasteiger partial charge in [0.1, 0.15) is 18.4 Å². The maximum absolute atomic E-state index is 11.2. The van der Waals surface area contributed by atoms with Gasteiger partial charge in [-0.25, -0.2) is 0 Å². The van der Waals surface area contributed by atoms with Crippen molar-refractivity contribution in [1.29, 1.82) is 5.26 Å². The van der Waals surface area contributed by atoms with Crippen molar-refractivity contribution in [3.63, 3.8) is 0 Å². The fraction of sp³-hybridized carbons (Fsp3) is 0.467. The minimum Gasteiger partial charge on any atom is -0.492 e. The Morgan fingerprint density at radius 1 is 1.50 bits per heavy atom. The highest BCUT2D eigenvalue weighted by Crippen LogP contribution is 2.23. The van der Waals surface area contributed by atoms with Gasteiger partial charge in [0.15, 0.2) is 0 Å². The fourth-order valence-corrected chi connectivity index (χ4v) is 2.58. The van der Waals surface area contributed by atoms with E-state index in [1.807, 2.05) is 17.9 Å². The van der Waals surface area contributed by atoms with Crippen molar-refractivity contribution in [2.24, 2.45) is 5.92 Å². The highest BCUT2D eigenvalue weighted by atomic mass is 16.5. The minimum absolute atomic E-state index is 0.183. The van der Waals surface area contributed by atoms with E-state index in [0.29, 0.717) is 24.5 Å². The predicted molar refractivity (Wildman–Crippen MR) is 73.4 cm³/mol. The lowest BCUT2D eigenvalue weighted by Gasteiger charge is -2.22. The third-order valence-corrected chi connectivity index (χ3v) is 3.69. The van der Waals surface area contributed by atoms with E-state index >= 15 is 0 Å². The molecule has 1 aromatic rings. The molecule has 1 aliphatic heterocycles. The summed E-state index contributed by atoms with van der Waals surface area (Å²) >= 11 is 0. The summed E-state index contributed by atoms with van der Waals surface area (Å²) in [5, 5.41) is 17.9. The van der Waals surface area contributed by atoms with Gasteiger partial charge in [0.05, 0.1) is 11.6 Å². The van der Waals surface area contributed by atoms with Gasteiger partial charge in [-0.3, -0.25) is 9.69 Å². The van der Waals surface area contributed by atoms with Gasteiger partial charge in [-0.2, -0.15) is 5.26 Å². The highest BCUT2D eigenvalue weighted by Gasteiger charge is 2.36. The molecule has 20 heavy (non-hydrogen) atoms. The maximum Gasteiger partial charge on any atom is 0.321 e. The van der Waals surface area contributed by atoms with Crippen molar-refractivity contribution < 1.29 is 14.6 Å². The third-order valence-electron chi connectivity index (χ3n) is 3.69. The summed E-state index contributed by atoms with van der Waals surface area (Å²) in [6.07, 6.45) is 0.911. The number of rotatable bonds is 5. The van der Waals surface area contributed by atoms with Crippen LogP contribution in [-0.2, 0) is 4.79 Å². The highest BCUT2D eigenvalue weighted by molar-refractivity contribution is 5.74. The number of nitrogens with zero attached hydrogens (tertiary/aromatic N) is 2. The standard InChI is InChI=1S/C15H18N2O3/c1-11-6-7-17(14(11)15(18)19)8-9-20-13-4-2-12(10-16)3-5-13/h2-5,11,14H,6-9H2,1H3,(H,18,19). The summed E-state index contributed by atoms with van der Waals surface area (Å²) in [4.78, 5) is 13.2. The zero-order valence-electron chi connectivity index (χ0n) is 11.5. The molecule has 0 spiro atoms. The van der Waals surface area contributed by atoms with Gasteiger partial charge < -0.3 is 9.84 Å². The molecule has 0 saturated carbocycles. The Hall–Kier alpha value is -2.06. The largest absolute Gasteiger partial charge is 0.492 e. The van der Waals surface area contributed by atoms with Crippen LogP contribution in [-0.4, -0.2) is 41.7 Å². The summed E-state index contributed by atoms with van der Waals surface area (Å²) in [6.45, 7) is 3.82. The number of aliphatic carboxylic acids is 1. The maximum atomic E-state index is 11.2. The molecule has 0 radical (unpaired) electrons. The molecule has 1 saturated heterocycles. The molecule has 0 amide bonds. The van der Waals surface area contributed by atoms with Gasteiger partial charge in [0.25, 0.3) is 0 Å². The van der Waals surface area contributed by atoms with Gasteiger partial charge in [-0.05, 0) is 43.1 Å². The Morgan fingerprint density at radius 3 is 2.80 bits per heavy atom. The fourth-order valence-electron chi connectivity index (χ4n) is 2.58. The van der Waals surface area contributed by atoms with Gasteiger partial charge in [-0.15, -0.1) is 0 Å². The van der Waals surface area contributed by atoms with Crippen LogP contribution in [0.25, 0.3) is 0 Å². The molecule has 0 aromatic heterocycles. The van der Waals surface area contributed by atoms with Crippen molar-refractivity contribution in [2.45, 2.75) is 19.4 Å². The van der Waals surface area contributed by atoms with Crippen LogP contribution in [0.4, 0.5) is 0 Å². The van der Waals surface area contributed by atoms with Crippen LogP contribution in [0.15, 0.2) is 24.3 Å². The summed E-state index contributed by atoms with van der Waals surface area (Å²) in [6, 6.07) is 8.55. The lowest BCUT2D eigenvalue weighted by atomic mass is 10.0. The molecule has 5 heteroatoms. The van der Waals surface area contributed by atoms with E-state index in [0.717, 1.165) is 13.0 Å². The van der Waals surface area contributed by atoms with Crippen LogP contribution in [0, 0.1) is 17.2 Å². The van der Waals surface area contributed by atoms with E-state index in [1.54, 1.807) is 24.3 Å². The van der Waals surface area contributed by atoms with Crippen LogP contribution in [0.5, 0.6) is 5.75 Å². The Balaban J connectivity index is 1.83. The second-order valence-electron chi connectivity index (χ2n) is 5.07. The molecule has 1 aromatic carbocycles. The van der Waals surface area contributed by atoms with E-state index in [2.05, 4.69) is 0 Å². The number of carboxylic acids is 1. The number of ether oxygens (including phenoxy) is 1. The molecule has 1 N–H and O–H groups in total. The first kappa shape index (κ1) is 14.4. The van der Waals surface area contributed by atoms with E-state index in [4.69, 9.17) is 10.00 Å². The number of carboxylic acid groups (broad SMARTS) is 1. The number of nitriles is 1. The molecule has 2 atom stereocenters. The molecule has 2 unspecified atom stereocenters. The number of likely N-dealkylation sites (tertiary alicyclic amines) is 1. The Morgan fingerprint density at radius 2 is 2.20 bits per heavy atom. The second kappa shape index (κ2) is 6.40. The molecule has 1 fully saturated rings. The molecule has 1 aliphatic rings. The molecule has 0 aliphatic carbocycles. The predicted octanol–water partition coefficient (Wildman–Crippen LogP) is 1.73. The SMILES string of the molecule is CC1CCN(CCOc2ccc(C#N)cc2)C1C(=O)O. The normalized spacial score (nSPS) is 22.4. The van der Waals surface area contributed by atoms with Crippen LogP contribution in [0.3, 0.4) is 0 Å². The molecule has 2 rings (SSSR count). The van der Waals surface area contributed by atoms with E-state index < -0.39 is 12.0 Å². The van der Waals surface area contributed by atoms with Crippen molar-refractivity contribution in [2.75, 3.05) is 19.7 Å². The van der Waals surface area contributed by atoms with E-state index in [-0.39, 0.29) is 5.92 Å². The number of carbonyl (C=O) groups is 1. The number of hydrogen-bond donors (Lipinski definition) is 1. The van der Waals surface area contributed by atoms with Crippen molar-refractivity contribution in [1.82, 2.24) is 4.90 Å². The molecular formula is C15H18N2O3. The topological polar surface area (TPSA) is 73.6 Å². The first-order valence-electron chi connectivity index (χ1n) is 6.71. The van der Waals surface area contributed by atoms with Gasteiger partial charge in [0.2, 0.25) is 0 Å². The Kier molecular flexibility index (Phi) is 4.59. The molecular weight excluding hydrogens is 256 g/mol. The van der Waals surface area contributed by atoms with Gasteiger partial charge in [-0.1, -0.05) is 6.92 Å². The van der Waals surface area contributed by atoms with Crippen molar-refractivity contribution >= 4 is 5.97 Å². The second-order valence-corrected chi connectivity index (χ2v) is 5.07. The van der Waals surface area contributed by atoms with E-state index in [9.17, 15) is 9.90 Å². The van der Waals surface area contributed by atoms with Crippen LogP contribution < -0.4 is 4.74 Å². The van der Waals surface area contributed by atoms with Crippen molar-refractivity contribution in [3.05, 3.63) is 29.8 Å². The molecule has 106 valence electrons. The zero-order valence-corrected chi connectivity index (χ0v) is 11.5. The average Bonchev–Trinajstić information content (AvgIpc) is 2.81. The summed E-state index contributed by atoms with van der Waals surface area (Å²) in [5.41, 5.74) is 0.594. The lowest BCUT2D eigenvalue weighted by Crippen LogP contribution is -2.41. The summed E-state index contributed by atoms with van der Waals surface area (Å²) in [7, 11) is 0. The number of benzene rings is 1. The number of hydrogen-bond acceptors (Lipinski definition) is 4. The van der Waals surface area contributed by atoms with Crippen LogP contribution >= 0.6 is 0 Å². The first-order valence-corrected chi connectivity index (χ1v) is 6.71. The molecule has 5 nitrogen and oxygen atoms in total. The van der Waals surface area contributed by atoms with Crippen LogP contribution in [0.1, 0.15) is 18.9 Å². The third kappa shape index (κ3) is 3.28.